The lowest BCUT2D eigenvalue weighted by Crippen LogP contribution is -2.50. The second kappa shape index (κ2) is 12.5. The number of β-amino-alcohol motifs (C(OH)–C–C–N with tert-alkyl or cyclic N) is 1. The van der Waals surface area contributed by atoms with Gasteiger partial charge in [-0.2, -0.15) is 0 Å². The van der Waals surface area contributed by atoms with Crippen molar-refractivity contribution in [2.24, 2.45) is 0 Å². The van der Waals surface area contributed by atoms with E-state index in [1.807, 2.05) is 4.90 Å². The van der Waals surface area contributed by atoms with Crippen molar-refractivity contribution >= 4 is 40.8 Å². The van der Waals surface area contributed by atoms with Crippen LogP contribution in [0, 0.1) is 0 Å². The lowest BCUT2D eigenvalue weighted by atomic mass is 10.0. The minimum Gasteiger partial charge on any atom is -0.486 e. The van der Waals surface area contributed by atoms with Gasteiger partial charge in [-0.15, -0.1) is 0 Å². The van der Waals surface area contributed by atoms with Crippen LogP contribution >= 0.6 is 23.2 Å². The summed E-state index contributed by atoms with van der Waals surface area (Å²) in [5, 5.41) is 24.2. The van der Waals surface area contributed by atoms with Crippen LogP contribution in [-0.4, -0.2) is 84.4 Å². The molecule has 3 N–H and O–H groups in total. The highest BCUT2D eigenvalue weighted by atomic mass is 35.5. The van der Waals surface area contributed by atoms with Crippen molar-refractivity contribution in [3.8, 4) is 5.75 Å². The lowest BCUT2D eigenvalue weighted by Gasteiger charge is -2.34. The van der Waals surface area contributed by atoms with Crippen LogP contribution in [0.1, 0.15) is 28.8 Å². The fraction of sp³-hybridized carbons (Fsp3) is 0.462. The molecule has 2 heterocycles. The highest BCUT2D eigenvalue weighted by molar-refractivity contribution is 6.32. The van der Waals surface area contributed by atoms with Gasteiger partial charge in [0.2, 0.25) is 0 Å². The number of likely N-dealkylation sites (tertiary alicyclic amines) is 1. The van der Waals surface area contributed by atoms with Crippen LogP contribution in [0.25, 0.3) is 0 Å². The van der Waals surface area contributed by atoms with E-state index < -0.39 is 25.1 Å². The Morgan fingerprint density at radius 3 is 2.42 bits per heavy atom. The fourth-order valence-electron chi connectivity index (χ4n) is 4.92. The zero-order valence-corrected chi connectivity index (χ0v) is 22.0. The predicted molar refractivity (Wildman–Crippen MR) is 140 cm³/mol. The number of rotatable bonds is 9. The van der Waals surface area contributed by atoms with Crippen LogP contribution in [0.4, 0.5) is 14.5 Å². The molecule has 2 fully saturated rings. The second-order valence-electron chi connectivity index (χ2n) is 9.50. The molecular weight excluding hydrogens is 543 g/mol. The van der Waals surface area contributed by atoms with E-state index in [1.165, 1.54) is 12.1 Å². The number of piperidine rings is 1. The Kier molecular flexibility index (Phi) is 9.30. The molecule has 38 heavy (non-hydrogen) atoms. The number of hydrogen-bond acceptors (Lipinski definition) is 6. The smallest absolute Gasteiger partial charge is 0.307 e. The minimum atomic E-state index is -2.69. The molecule has 0 aliphatic carbocycles. The third-order valence-electron chi connectivity index (χ3n) is 6.79. The first-order valence-corrected chi connectivity index (χ1v) is 13.1. The number of aliphatic hydroxyl groups excluding tert-OH is 1. The second-order valence-corrected chi connectivity index (χ2v) is 10.3. The minimum absolute atomic E-state index is 0.0275. The van der Waals surface area contributed by atoms with Crippen LogP contribution in [0.5, 0.6) is 5.75 Å². The van der Waals surface area contributed by atoms with Crippen LogP contribution in [0.2, 0.25) is 10.0 Å². The van der Waals surface area contributed by atoms with Gasteiger partial charge in [0, 0.05) is 54.6 Å². The summed E-state index contributed by atoms with van der Waals surface area (Å²) in [7, 11) is 0. The van der Waals surface area contributed by atoms with Gasteiger partial charge >= 0.3 is 5.97 Å². The molecule has 2 aliphatic rings. The molecule has 2 aliphatic heterocycles. The highest BCUT2D eigenvalue weighted by Gasteiger charge is 2.35. The highest BCUT2D eigenvalue weighted by Crippen LogP contribution is 2.36. The van der Waals surface area contributed by atoms with E-state index in [9.17, 15) is 28.6 Å². The Hall–Kier alpha value is -2.66. The number of aliphatic carboxylic acids is 1. The van der Waals surface area contributed by atoms with Crippen LogP contribution in [0.3, 0.4) is 0 Å². The van der Waals surface area contributed by atoms with E-state index in [2.05, 4.69) is 5.32 Å². The third-order valence-corrected chi connectivity index (χ3v) is 7.34. The standard InChI is InChI=1S/C26H29Cl2F2N3O5/c27-17-3-1-15(2-4-17)26(37)32-7-5-18(6-8-32)31-20-12-33(13-22(20)34)21-11-23(38-14-24(29)30)19(28)9-16(21)10-25(35)36/h1-4,9,11,18,20,22,24,31,34H,5-8,10,12-14H2,(H,35,36)/t20-,22-/m1/s1. The molecule has 0 unspecified atom stereocenters. The molecular formula is C26H29Cl2F2N3O5. The number of anilines is 1. The molecule has 206 valence electrons. The topological polar surface area (TPSA) is 102 Å². The number of alkyl halides is 2. The number of nitrogens with zero attached hydrogens (tertiary/aromatic N) is 2. The first kappa shape index (κ1) is 28.4. The molecule has 4 rings (SSSR count). The van der Waals surface area contributed by atoms with Crippen molar-refractivity contribution in [3.05, 3.63) is 57.6 Å². The molecule has 2 aromatic rings. The first-order valence-electron chi connectivity index (χ1n) is 12.3. The van der Waals surface area contributed by atoms with Gasteiger partial charge in [-0.3, -0.25) is 9.59 Å². The van der Waals surface area contributed by atoms with Crippen molar-refractivity contribution in [3.63, 3.8) is 0 Å². The normalized spacial score (nSPS) is 20.3. The maximum atomic E-state index is 12.8. The number of hydrogen-bond donors (Lipinski definition) is 3. The predicted octanol–water partition coefficient (Wildman–Crippen LogP) is 3.71. The van der Waals surface area contributed by atoms with E-state index in [1.54, 1.807) is 29.2 Å². The summed E-state index contributed by atoms with van der Waals surface area (Å²) in [6, 6.07) is 9.43. The molecule has 0 spiro atoms. The number of ether oxygens (including phenoxy) is 1. The maximum absolute atomic E-state index is 12.8. The molecule has 8 nitrogen and oxygen atoms in total. The Bertz CT molecular complexity index is 1150. The van der Waals surface area contributed by atoms with E-state index >= 15 is 0 Å². The lowest BCUT2D eigenvalue weighted by molar-refractivity contribution is -0.136. The van der Waals surface area contributed by atoms with E-state index in [0.29, 0.717) is 54.3 Å². The van der Waals surface area contributed by atoms with Crippen molar-refractivity contribution in [2.45, 2.75) is 43.9 Å². The molecule has 0 saturated carbocycles. The number of benzene rings is 2. The first-order chi connectivity index (χ1) is 18.1. The van der Waals surface area contributed by atoms with Gasteiger partial charge in [0.1, 0.15) is 12.4 Å². The molecule has 1 amide bonds. The summed E-state index contributed by atoms with van der Waals surface area (Å²) < 4.78 is 30.5. The zero-order chi connectivity index (χ0) is 27.4. The monoisotopic (exact) mass is 571 g/mol. The van der Waals surface area contributed by atoms with Gasteiger partial charge < -0.3 is 30.1 Å². The Morgan fingerprint density at radius 1 is 1.11 bits per heavy atom. The van der Waals surface area contributed by atoms with Crippen LogP contribution < -0.4 is 15.0 Å². The number of nitrogens with one attached hydrogen (secondary N) is 1. The van der Waals surface area contributed by atoms with Crippen LogP contribution in [0.15, 0.2) is 36.4 Å². The Morgan fingerprint density at radius 2 is 1.79 bits per heavy atom. The third kappa shape index (κ3) is 7.05. The van der Waals surface area contributed by atoms with E-state index in [-0.39, 0.29) is 41.7 Å². The number of carboxylic acids is 1. The maximum Gasteiger partial charge on any atom is 0.307 e. The van der Waals surface area contributed by atoms with Crippen LogP contribution in [-0.2, 0) is 11.2 Å². The molecule has 12 heteroatoms. The molecule has 2 atom stereocenters. The number of carbonyl (C=O) groups excluding carboxylic acids is 1. The average molecular weight is 572 g/mol. The summed E-state index contributed by atoms with van der Waals surface area (Å²) in [5.41, 5.74) is 1.45. The van der Waals surface area contributed by atoms with Gasteiger partial charge in [-0.25, -0.2) is 8.78 Å². The SMILES string of the molecule is O=C(O)Cc1cc(Cl)c(OCC(F)F)cc1N1C[C@@H](O)[C@H](NC2CCN(C(=O)c3ccc(Cl)cc3)CC2)C1. The molecule has 0 bridgehead atoms. The number of aliphatic hydroxyl groups is 1. The molecule has 2 aromatic carbocycles. The molecule has 0 radical (unpaired) electrons. The van der Waals surface area contributed by atoms with Crippen molar-refractivity contribution < 1.29 is 33.3 Å². The van der Waals surface area contributed by atoms with Crippen molar-refractivity contribution in [1.29, 1.82) is 0 Å². The van der Waals surface area contributed by atoms with E-state index in [4.69, 9.17) is 27.9 Å². The summed E-state index contributed by atoms with van der Waals surface area (Å²) in [6.45, 7) is 0.873. The summed E-state index contributed by atoms with van der Waals surface area (Å²) in [5.74, 6) is -1.09. The number of carboxylic acid groups (broad SMARTS) is 1. The van der Waals surface area contributed by atoms with Crippen molar-refractivity contribution in [2.75, 3.05) is 37.7 Å². The average Bonchev–Trinajstić information content (AvgIpc) is 3.23. The van der Waals surface area contributed by atoms with Gasteiger partial charge in [-0.1, -0.05) is 23.2 Å². The number of carbonyl (C=O) groups is 2. The van der Waals surface area contributed by atoms with E-state index in [0.717, 1.165) is 0 Å². The largest absolute Gasteiger partial charge is 0.486 e. The number of halogens is 4. The summed E-state index contributed by atoms with van der Waals surface area (Å²) >= 11 is 12.1. The molecule has 2 saturated heterocycles. The Labute approximate surface area is 229 Å². The van der Waals surface area contributed by atoms with Gasteiger partial charge in [0.25, 0.3) is 12.3 Å². The van der Waals surface area contributed by atoms with Gasteiger partial charge in [0.05, 0.1) is 23.6 Å². The molecule has 0 aromatic heterocycles. The summed E-state index contributed by atoms with van der Waals surface area (Å²) in [4.78, 5) is 27.8. The van der Waals surface area contributed by atoms with Gasteiger partial charge in [-0.05, 0) is 48.7 Å². The summed E-state index contributed by atoms with van der Waals surface area (Å²) in [6.07, 6.45) is -2.35. The number of amides is 1. The van der Waals surface area contributed by atoms with Gasteiger partial charge in [0.15, 0.2) is 0 Å². The fourth-order valence-corrected chi connectivity index (χ4v) is 5.29. The zero-order valence-electron chi connectivity index (χ0n) is 20.5. The Balaban J connectivity index is 1.39. The van der Waals surface area contributed by atoms with Crippen molar-refractivity contribution in [1.82, 2.24) is 10.2 Å². The quantitative estimate of drug-likeness (QED) is 0.421.